The minimum Gasteiger partial charge on any atom is -0.478 e. The van der Waals surface area contributed by atoms with Crippen molar-refractivity contribution in [3.05, 3.63) is 59.8 Å². The van der Waals surface area contributed by atoms with Crippen LogP contribution in [0.4, 0.5) is 0 Å². The number of ether oxygens (including phenoxy) is 1. The van der Waals surface area contributed by atoms with Gasteiger partial charge in [0.2, 0.25) is 5.88 Å². The van der Waals surface area contributed by atoms with E-state index in [1.165, 1.54) is 11.3 Å². The average molecular weight is 338 g/mol. The fourth-order valence-electron chi connectivity index (χ4n) is 2.98. The molecule has 0 radical (unpaired) electrons. The fraction of sp³-hybridized carbons (Fsp3) is 0.381. The van der Waals surface area contributed by atoms with Gasteiger partial charge >= 0.3 is 0 Å². The molecule has 0 atom stereocenters. The van der Waals surface area contributed by atoms with Gasteiger partial charge in [-0.2, -0.15) is 4.98 Å². The SMILES string of the molecule is CC(C)(C)c1cc2ccc(OCCCO)nc2n1Cc1ccccc1. The summed E-state index contributed by atoms with van der Waals surface area (Å²) in [6, 6.07) is 16.6. The first-order valence-corrected chi connectivity index (χ1v) is 8.77. The number of benzene rings is 1. The number of hydrogen-bond acceptors (Lipinski definition) is 3. The van der Waals surface area contributed by atoms with Crippen molar-refractivity contribution in [1.82, 2.24) is 9.55 Å². The molecule has 0 amide bonds. The van der Waals surface area contributed by atoms with Crippen molar-refractivity contribution in [2.45, 2.75) is 39.2 Å². The van der Waals surface area contributed by atoms with E-state index in [0.29, 0.717) is 18.9 Å². The Morgan fingerprint density at radius 3 is 2.52 bits per heavy atom. The van der Waals surface area contributed by atoms with E-state index in [4.69, 9.17) is 14.8 Å². The van der Waals surface area contributed by atoms with Gasteiger partial charge in [0.15, 0.2) is 0 Å². The molecule has 0 aliphatic rings. The lowest BCUT2D eigenvalue weighted by Crippen LogP contribution is -2.18. The van der Waals surface area contributed by atoms with Crippen LogP contribution in [0.25, 0.3) is 11.0 Å². The highest BCUT2D eigenvalue weighted by Gasteiger charge is 2.22. The van der Waals surface area contributed by atoms with Gasteiger partial charge < -0.3 is 14.4 Å². The predicted octanol–water partition coefficient (Wildman–Crippen LogP) is 4.14. The van der Waals surface area contributed by atoms with E-state index in [1.54, 1.807) is 0 Å². The summed E-state index contributed by atoms with van der Waals surface area (Å²) in [7, 11) is 0. The van der Waals surface area contributed by atoms with E-state index >= 15 is 0 Å². The largest absolute Gasteiger partial charge is 0.478 e. The Kier molecular flexibility index (Phi) is 5.09. The molecule has 25 heavy (non-hydrogen) atoms. The normalized spacial score (nSPS) is 11.8. The topological polar surface area (TPSA) is 47.3 Å². The molecule has 0 saturated carbocycles. The van der Waals surface area contributed by atoms with Crippen molar-refractivity contribution < 1.29 is 9.84 Å². The summed E-state index contributed by atoms with van der Waals surface area (Å²) < 4.78 is 7.95. The summed E-state index contributed by atoms with van der Waals surface area (Å²) in [5.41, 5.74) is 3.47. The molecule has 0 aliphatic carbocycles. The number of fused-ring (bicyclic) bond motifs is 1. The van der Waals surface area contributed by atoms with Gasteiger partial charge in [-0.05, 0) is 17.7 Å². The van der Waals surface area contributed by atoms with E-state index in [2.05, 4.69) is 61.7 Å². The number of hydrogen-bond donors (Lipinski definition) is 1. The summed E-state index contributed by atoms with van der Waals surface area (Å²) >= 11 is 0. The molecule has 1 N–H and O–H groups in total. The van der Waals surface area contributed by atoms with E-state index < -0.39 is 0 Å². The van der Waals surface area contributed by atoms with Crippen molar-refractivity contribution in [1.29, 1.82) is 0 Å². The molecule has 0 unspecified atom stereocenters. The molecule has 0 aliphatic heterocycles. The van der Waals surface area contributed by atoms with Crippen LogP contribution in [0.3, 0.4) is 0 Å². The monoisotopic (exact) mass is 338 g/mol. The highest BCUT2D eigenvalue weighted by atomic mass is 16.5. The predicted molar refractivity (Wildman–Crippen MR) is 101 cm³/mol. The molecule has 0 saturated heterocycles. The van der Waals surface area contributed by atoms with Crippen molar-refractivity contribution in [2.24, 2.45) is 0 Å². The van der Waals surface area contributed by atoms with Gasteiger partial charge in [0.1, 0.15) is 5.65 Å². The third-order valence-corrected chi connectivity index (χ3v) is 4.22. The first kappa shape index (κ1) is 17.5. The molecule has 0 bridgehead atoms. The third kappa shape index (κ3) is 4.02. The van der Waals surface area contributed by atoms with E-state index in [-0.39, 0.29) is 12.0 Å². The first-order chi connectivity index (χ1) is 12.0. The Balaban J connectivity index is 2.04. The Labute approximate surface area is 149 Å². The number of rotatable bonds is 6. The van der Waals surface area contributed by atoms with Crippen LogP contribution in [-0.2, 0) is 12.0 Å². The van der Waals surface area contributed by atoms with Crippen molar-refractivity contribution in [3.8, 4) is 5.88 Å². The number of pyridine rings is 1. The Hall–Kier alpha value is -2.33. The lowest BCUT2D eigenvalue weighted by molar-refractivity contribution is 0.229. The second-order valence-corrected chi connectivity index (χ2v) is 7.34. The number of aliphatic hydroxyl groups is 1. The molecular weight excluding hydrogens is 312 g/mol. The van der Waals surface area contributed by atoms with Gasteiger partial charge in [-0.25, -0.2) is 0 Å². The molecular formula is C21H26N2O2. The molecule has 0 fully saturated rings. The van der Waals surface area contributed by atoms with Gasteiger partial charge in [-0.1, -0.05) is 51.1 Å². The van der Waals surface area contributed by atoms with Gasteiger partial charge in [-0.3, -0.25) is 0 Å². The second-order valence-electron chi connectivity index (χ2n) is 7.34. The maximum Gasteiger partial charge on any atom is 0.215 e. The lowest BCUT2D eigenvalue weighted by atomic mass is 9.92. The summed E-state index contributed by atoms with van der Waals surface area (Å²) in [5, 5.41) is 10.0. The molecule has 4 heteroatoms. The van der Waals surface area contributed by atoms with Crippen LogP contribution < -0.4 is 4.74 Å². The summed E-state index contributed by atoms with van der Waals surface area (Å²) in [5.74, 6) is 0.605. The summed E-state index contributed by atoms with van der Waals surface area (Å²) in [6.45, 7) is 8.05. The molecule has 132 valence electrons. The van der Waals surface area contributed by atoms with Crippen molar-refractivity contribution in [2.75, 3.05) is 13.2 Å². The zero-order valence-electron chi connectivity index (χ0n) is 15.2. The Morgan fingerprint density at radius 2 is 1.84 bits per heavy atom. The van der Waals surface area contributed by atoms with E-state index in [0.717, 1.165) is 17.6 Å². The quantitative estimate of drug-likeness (QED) is 0.687. The van der Waals surface area contributed by atoms with Crippen LogP contribution in [0.5, 0.6) is 5.88 Å². The maximum atomic E-state index is 8.91. The van der Waals surface area contributed by atoms with Crippen molar-refractivity contribution in [3.63, 3.8) is 0 Å². The number of aliphatic hydroxyl groups excluding tert-OH is 1. The van der Waals surface area contributed by atoms with Crippen LogP contribution in [0.15, 0.2) is 48.5 Å². The standard InChI is InChI=1S/C21H26N2O2/c1-21(2,3)18-14-17-10-11-19(25-13-7-12-24)22-20(17)23(18)15-16-8-5-4-6-9-16/h4-6,8-11,14,24H,7,12-13,15H2,1-3H3. The van der Waals surface area contributed by atoms with E-state index in [9.17, 15) is 0 Å². The summed E-state index contributed by atoms with van der Waals surface area (Å²) in [6.07, 6.45) is 0.609. The van der Waals surface area contributed by atoms with Gasteiger partial charge in [0.05, 0.1) is 6.61 Å². The Bertz CT molecular complexity index is 832. The summed E-state index contributed by atoms with van der Waals surface area (Å²) in [4.78, 5) is 4.74. The molecule has 1 aromatic carbocycles. The van der Waals surface area contributed by atoms with Gasteiger partial charge in [0.25, 0.3) is 0 Å². The van der Waals surface area contributed by atoms with E-state index in [1.807, 2.05) is 12.1 Å². The molecule has 0 spiro atoms. The number of aromatic nitrogens is 2. The van der Waals surface area contributed by atoms with Gasteiger partial charge in [-0.15, -0.1) is 0 Å². The lowest BCUT2D eigenvalue weighted by Gasteiger charge is -2.22. The highest BCUT2D eigenvalue weighted by Crippen LogP contribution is 2.30. The smallest absolute Gasteiger partial charge is 0.215 e. The van der Waals surface area contributed by atoms with Crippen LogP contribution in [-0.4, -0.2) is 27.9 Å². The average Bonchev–Trinajstić information content (AvgIpc) is 2.94. The minimum atomic E-state index is 0.0212. The second kappa shape index (κ2) is 7.28. The molecule has 3 aromatic rings. The zero-order valence-corrected chi connectivity index (χ0v) is 15.2. The highest BCUT2D eigenvalue weighted by molar-refractivity contribution is 5.78. The third-order valence-electron chi connectivity index (χ3n) is 4.22. The molecule has 4 nitrogen and oxygen atoms in total. The zero-order chi connectivity index (χ0) is 17.9. The Morgan fingerprint density at radius 1 is 1.08 bits per heavy atom. The molecule has 2 aromatic heterocycles. The molecule has 3 rings (SSSR count). The van der Waals surface area contributed by atoms with Crippen LogP contribution >= 0.6 is 0 Å². The van der Waals surface area contributed by atoms with Crippen LogP contribution in [0, 0.1) is 0 Å². The minimum absolute atomic E-state index is 0.0212. The van der Waals surface area contributed by atoms with Crippen LogP contribution in [0.2, 0.25) is 0 Å². The first-order valence-electron chi connectivity index (χ1n) is 8.77. The fourth-order valence-corrected chi connectivity index (χ4v) is 2.98. The maximum absolute atomic E-state index is 8.91. The van der Waals surface area contributed by atoms with Crippen molar-refractivity contribution >= 4 is 11.0 Å². The number of nitrogens with zero attached hydrogens (tertiary/aromatic N) is 2. The van der Waals surface area contributed by atoms with Crippen LogP contribution in [0.1, 0.15) is 38.4 Å². The molecule has 2 heterocycles. The van der Waals surface area contributed by atoms with Gasteiger partial charge in [0, 0.05) is 42.1 Å².